The molecule has 2 N–H and O–H groups in total. The molecule has 6 heteroatoms. The van der Waals surface area contributed by atoms with Gasteiger partial charge in [-0.15, -0.1) is 0 Å². The molecule has 0 atom stereocenters. The Morgan fingerprint density at radius 2 is 1.73 bits per heavy atom. The van der Waals surface area contributed by atoms with Crippen LogP contribution in [0.2, 0.25) is 0 Å². The second kappa shape index (κ2) is 9.87. The fourth-order valence-electron chi connectivity index (χ4n) is 4.46. The van der Waals surface area contributed by atoms with Crippen molar-refractivity contribution in [3.8, 4) is 0 Å². The van der Waals surface area contributed by atoms with Crippen LogP contribution in [0.3, 0.4) is 0 Å². The Morgan fingerprint density at radius 1 is 0.909 bits per heavy atom. The third kappa shape index (κ3) is 5.50. The molecular weight excluding hydrogens is 426 g/mol. The molecule has 5 rings (SSSR count). The largest absolute Gasteiger partial charge is 0.351 e. The average Bonchev–Trinajstić information content (AvgIpc) is 3.22. The number of benzene rings is 2. The quantitative estimate of drug-likeness (QED) is 0.314. The first-order valence-corrected chi connectivity index (χ1v) is 12.8. The fraction of sp³-hybridized carbons (Fsp3) is 0.370. The minimum absolute atomic E-state index is 0.441. The summed E-state index contributed by atoms with van der Waals surface area (Å²) in [4.78, 5) is 14.5. The van der Waals surface area contributed by atoms with Crippen LogP contribution >= 0.6 is 11.3 Å². The van der Waals surface area contributed by atoms with E-state index in [1.807, 2.05) is 12.1 Å². The highest BCUT2D eigenvalue weighted by molar-refractivity contribution is 7.22. The zero-order valence-corrected chi connectivity index (χ0v) is 20.2. The highest BCUT2D eigenvalue weighted by Crippen LogP contribution is 2.30. The minimum atomic E-state index is 0.441. The van der Waals surface area contributed by atoms with Crippen LogP contribution in [0.4, 0.5) is 16.9 Å². The van der Waals surface area contributed by atoms with Crippen molar-refractivity contribution in [2.24, 2.45) is 5.92 Å². The Balaban J connectivity index is 1.41. The highest BCUT2D eigenvalue weighted by Gasteiger charge is 2.19. The van der Waals surface area contributed by atoms with Crippen molar-refractivity contribution in [3.05, 3.63) is 71.4 Å². The lowest BCUT2D eigenvalue weighted by molar-refractivity contribution is 0.360. The van der Waals surface area contributed by atoms with Crippen LogP contribution in [-0.4, -0.2) is 21.0 Å². The number of nitrogens with zero attached hydrogens (tertiary/aromatic N) is 3. The molecule has 0 unspecified atom stereocenters. The van der Waals surface area contributed by atoms with Crippen LogP contribution in [0.25, 0.3) is 10.2 Å². The Hall–Kier alpha value is -2.99. The van der Waals surface area contributed by atoms with Crippen molar-refractivity contribution in [2.45, 2.75) is 58.4 Å². The number of hydrogen-bond acceptors (Lipinski definition) is 6. The Morgan fingerprint density at radius 3 is 2.52 bits per heavy atom. The summed E-state index contributed by atoms with van der Waals surface area (Å²) in [6, 6.07) is 19.5. The van der Waals surface area contributed by atoms with Crippen molar-refractivity contribution < 1.29 is 0 Å². The predicted octanol–water partition coefficient (Wildman–Crippen LogP) is 6.97. The van der Waals surface area contributed by atoms with E-state index in [0.717, 1.165) is 40.9 Å². The minimum Gasteiger partial charge on any atom is -0.351 e. The van der Waals surface area contributed by atoms with Crippen LogP contribution in [0.1, 0.15) is 56.4 Å². The average molecular weight is 458 g/mol. The van der Waals surface area contributed by atoms with E-state index < -0.39 is 0 Å². The zero-order chi connectivity index (χ0) is 22.6. The van der Waals surface area contributed by atoms with Gasteiger partial charge in [-0.05, 0) is 61.3 Å². The van der Waals surface area contributed by atoms with Gasteiger partial charge in [0, 0.05) is 18.5 Å². The molecule has 5 nitrogen and oxygen atoms in total. The van der Waals surface area contributed by atoms with E-state index >= 15 is 0 Å². The summed E-state index contributed by atoms with van der Waals surface area (Å²) in [7, 11) is 0. The molecule has 0 amide bonds. The van der Waals surface area contributed by atoms with Crippen molar-refractivity contribution in [1.82, 2.24) is 15.0 Å². The van der Waals surface area contributed by atoms with Gasteiger partial charge in [0.2, 0.25) is 5.95 Å². The van der Waals surface area contributed by atoms with E-state index in [2.05, 4.69) is 66.9 Å². The van der Waals surface area contributed by atoms with E-state index in [1.165, 1.54) is 41.5 Å². The Kier molecular flexibility index (Phi) is 6.53. The van der Waals surface area contributed by atoms with E-state index in [1.54, 1.807) is 11.3 Å². The number of hydrogen-bond donors (Lipinski definition) is 2. The van der Waals surface area contributed by atoms with Gasteiger partial charge in [-0.2, -0.15) is 4.98 Å². The molecule has 2 aromatic carbocycles. The third-order valence-electron chi connectivity index (χ3n) is 6.45. The SMILES string of the molecule is CCc1ccc2nc(Nc3cc(Cc4ccccc4)nc(NC4CCC(C)CC4)n3)sc2c1. The van der Waals surface area contributed by atoms with Crippen molar-refractivity contribution >= 4 is 38.5 Å². The molecule has 0 aliphatic heterocycles. The summed E-state index contributed by atoms with van der Waals surface area (Å²) in [5, 5.41) is 7.94. The molecule has 1 saturated carbocycles. The van der Waals surface area contributed by atoms with Gasteiger partial charge in [0.15, 0.2) is 5.13 Å². The highest BCUT2D eigenvalue weighted by atomic mass is 32.1. The molecule has 0 bridgehead atoms. The molecule has 1 fully saturated rings. The molecule has 1 aliphatic carbocycles. The van der Waals surface area contributed by atoms with Crippen molar-refractivity contribution in [2.75, 3.05) is 10.6 Å². The van der Waals surface area contributed by atoms with E-state index in [-0.39, 0.29) is 0 Å². The van der Waals surface area contributed by atoms with Crippen LogP contribution in [0.15, 0.2) is 54.6 Å². The summed E-state index contributed by atoms with van der Waals surface area (Å²) < 4.78 is 1.20. The molecule has 4 aromatic rings. The molecule has 0 radical (unpaired) electrons. The van der Waals surface area contributed by atoms with Crippen LogP contribution in [0, 0.1) is 5.92 Å². The first-order valence-electron chi connectivity index (χ1n) is 12.0. The lowest BCUT2D eigenvalue weighted by Crippen LogP contribution is -2.26. The van der Waals surface area contributed by atoms with Gasteiger partial charge in [-0.1, -0.05) is 61.6 Å². The van der Waals surface area contributed by atoms with Crippen molar-refractivity contribution in [3.63, 3.8) is 0 Å². The van der Waals surface area contributed by atoms with Gasteiger partial charge in [0.05, 0.1) is 15.9 Å². The molecule has 0 saturated heterocycles. The first kappa shape index (κ1) is 21.8. The molecule has 2 heterocycles. The Labute approximate surface area is 199 Å². The zero-order valence-electron chi connectivity index (χ0n) is 19.3. The maximum absolute atomic E-state index is 4.87. The van der Waals surface area contributed by atoms with Crippen LogP contribution in [0.5, 0.6) is 0 Å². The molecule has 33 heavy (non-hydrogen) atoms. The third-order valence-corrected chi connectivity index (χ3v) is 7.39. The van der Waals surface area contributed by atoms with Crippen molar-refractivity contribution in [1.29, 1.82) is 0 Å². The smallest absolute Gasteiger partial charge is 0.225 e. The van der Waals surface area contributed by atoms with Gasteiger partial charge in [-0.3, -0.25) is 0 Å². The van der Waals surface area contributed by atoms with E-state index in [4.69, 9.17) is 15.0 Å². The van der Waals surface area contributed by atoms with Crippen LogP contribution < -0.4 is 10.6 Å². The number of anilines is 3. The number of rotatable bonds is 7. The van der Waals surface area contributed by atoms with Crippen LogP contribution in [-0.2, 0) is 12.8 Å². The van der Waals surface area contributed by atoms with Gasteiger partial charge < -0.3 is 10.6 Å². The fourth-order valence-corrected chi connectivity index (χ4v) is 5.40. The second-order valence-electron chi connectivity index (χ2n) is 9.13. The predicted molar refractivity (Wildman–Crippen MR) is 139 cm³/mol. The van der Waals surface area contributed by atoms with Gasteiger partial charge >= 0.3 is 0 Å². The lowest BCUT2D eigenvalue weighted by atomic mass is 9.87. The number of nitrogens with one attached hydrogen (secondary N) is 2. The maximum Gasteiger partial charge on any atom is 0.225 e. The second-order valence-corrected chi connectivity index (χ2v) is 10.2. The number of fused-ring (bicyclic) bond motifs is 1. The lowest BCUT2D eigenvalue weighted by Gasteiger charge is -2.27. The molecule has 2 aromatic heterocycles. The van der Waals surface area contributed by atoms with E-state index in [9.17, 15) is 0 Å². The molecule has 170 valence electrons. The van der Waals surface area contributed by atoms with Gasteiger partial charge in [-0.25, -0.2) is 9.97 Å². The summed E-state index contributed by atoms with van der Waals surface area (Å²) in [5.41, 5.74) is 4.59. The monoisotopic (exact) mass is 457 g/mol. The Bertz CT molecular complexity index is 1210. The summed E-state index contributed by atoms with van der Waals surface area (Å²) in [6.45, 7) is 4.52. The van der Waals surface area contributed by atoms with Gasteiger partial charge in [0.25, 0.3) is 0 Å². The topological polar surface area (TPSA) is 62.7 Å². The maximum atomic E-state index is 4.87. The summed E-state index contributed by atoms with van der Waals surface area (Å²) in [5.74, 6) is 2.31. The molecule has 1 aliphatic rings. The number of thiazole rings is 1. The number of aromatic nitrogens is 3. The normalized spacial score (nSPS) is 18.4. The van der Waals surface area contributed by atoms with E-state index in [0.29, 0.717) is 12.0 Å². The van der Waals surface area contributed by atoms with Gasteiger partial charge in [0.1, 0.15) is 5.82 Å². The molecular formula is C27H31N5S. The summed E-state index contributed by atoms with van der Waals surface area (Å²) >= 11 is 1.67. The summed E-state index contributed by atoms with van der Waals surface area (Å²) in [6.07, 6.45) is 6.67. The molecule has 0 spiro atoms. The standard InChI is InChI=1S/C27H31N5S/c1-3-19-11-14-23-24(16-19)33-27(30-23)32-25-17-22(15-20-7-5-4-6-8-20)29-26(31-25)28-21-12-9-18(2)10-13-21/h4-8,11,14,16-18,21H,3,9-10,12-13,15H2,1-2H3,(H2,28,29,30,31,32). The number of aryl methyl sites for hydroxylation is 1. The first-order chi connectivity index (χ1) is 16.1.